The minimum Gasteiger partial charge on any atom is -0.469 e. The Kier molecular flexibility index (Phi) is 6.16. The SMILES string of the molecule is COC(=O)CC(NC(=O)Cc1nnn(-c2ccccc2)c1C)c1ccccc1. The van der Waals surface area contributed by atoms with Crippen LogP contribution in [0.4, 0.5) is 0 Å². The van der Waals surface area contributed by atoms with Crippen LogP contribution in [-0.2, 0) is 20.7 Å². The maximum atomic E-state index is 12.6. The van der Waals surface area contributed by atoms with Gasteiger partial charge in [-0.2, -0.15) is 0 Å². The van der Waals surface area contributed by atoms with E-state index in [0.717, 1.165) is 16.9 Å². The number of ether oxygens (including phenoxy) is 1. The first-order valence-electron chi connectivity index (χ1n) is 8.96. The summed E-state index contributed by atoms with van der Waals surface area (Å²) in [5, 5.41) is 11.2. The van der Waals surface area contributed by atoms with Crippen molar-refractivity contribution in [3.05, 3.63) is 77.6 Å². The van der Waals surface area contributed by atoms with Crippen LogP contribution in [0.15, 0.2) is 60.7 Å². The van der Waals surface area contributed by atoms with E-state index >= 15 is 0 Å². The lowest BCUT2D eigenvalue weighted by Crippen LogP contribution is -2.31. The van der Waals surface area contributed by atoms with Crippen LogP contribution in [0.3, 0.4) is 0 Å². The first kappa shape index (κ1) is 19.3. The number of amides is 1. The fourth-order valence-corrected chi connectivity index (χ4v) is 2.92. The van der Waals surface area contributed by atoms with E-state index in [-0.39, 0.29) is 24.7 Å². The standard InChI is InChI=1S/C21H22N4O3/c1-15-18(23-24-25(15)17-11-7-4-8-12-17)13-20(26)22-19(14-21(27)28-2)16-9-5-3-6-10-16/h3-12,19H,13-14H2,1-2H3,(H,22,26). The maximum absolute atomic E-state index is 12.6. The van der Waals surface area contributed by atoms with Crippen LogP contribution in [0, 0.1) is 6.92 Å². The summed E-state index contributed by atoms with van der Waals surface area (Å²) < 4.78 is 6.46. The minimum atomic E-state index is -0.467. The molecule has 0 aliphatic rings. The molecule has 1 heterocycles. The van der Waals surface area contributed by atoms with Crippen molar-refractivity contribution in [1.82, 2.24) is 20.3 Å². The Balaban J connectivity index is 1.73. The summed E-state index contributed by atoms with van der Waals surface area (Å²) >= 11 is 0. The van der Waals surface area contributed by atoms with Gasteiger partial charge in [-0.25, -0.2) is 4.68 Å². The van der Waals surface area contributed by atoms with E-state index in [9.17, 15) is 9.59 Å². The Bertz CT molecular complexity index is 939. The monoisotopic (exact) mass is 378 g/mol. The fourth-order valence-electron chi connectivity index (χ4n) is 2.92. The zero-order valence-corrected chi connectivity index (χ0v) is 15.8. The molecule has 28 heavy (non-hydrogen) atoms. The van der Waals surface area contributed by atoms with Gasteiger partial charge in [0.2, 0.25) is 5.91 Å². The molecule has 7 heteroatoms. The number of rotatable bonds is 7. The lowest BCUT2D eigenvalue weighted by Gasteiger charge is -2.18. The normalized spacial score (nSPS) is 11.6. The number of nitrogens with zero attached hydrogens (tertiary/aromatic N) is 3. The number of hydrogen-bond acceptors (Lipinski definition) is 5. The highest BCUT2D eigenvalue weighted by Gasteiger charge is 2.20. The highest BCUT2D eigenvalue weighted by atomic mass is 16.5. The van der Waals surface area contributed by atoms with Crippen LogP contribution in [0.25, 0.3) is 5.69 Å². The Morgan fingerprint density at radius 1 is 1.07 bits per heavy atom. The Morgan fingerprint density at radius 2 is 1.71 bits per heavy atom. The number of carbonyl (C=O) groups excluding carboxylic acids is 2. The van der Waals surface area contributed by atoms with Gasteiger partial charge in [-0.05, 0) is 24.6 Å². The maximum Gasteiger partial charge on any atom is 0.307 e. The van der Waals surface area contributed by atoms with E-state index in [0.29, 0.717) is 5.69 Å². The van der Waals surface area contributed by atoms with Crippen LogP contribution < -0.4 is 5.32 Å². The number of aromatic nitrogens is 3. The molecule has 1 unspecified atom stereocenters. The lowest BCUT2D eigenvalue weighted by atomic mass is 10.0. The Hall–Kier alpha value is -3.48. The highest BCUT2D eigenvalue weighted by Crippen LogP contribution is 2.18. The zero-order valence-electron chi connectivity index (χ0n) is 15.8. The van der Waals surface area contributed by atoms with E-state index in [1.807, 2.05) is 67.6 Å². The Labute approximate surface area is 163 Å². The average Bonchev–Trinajstić information content (AvgIpc) is 3.08. The van der Waals surface area contributed by atoms with Gasteiger partial charge in [0.15, 0.2) is 0 Å². The van der Waals surface area contributed by atoms with E-state index in [1.54, 1.807) is 4.68 Å². The van der Waals surface area contributed by atoms with Crippen molar-refractivity contribution in [2.24, 2.45) is 0 Å². The molecule has 0 fully saturated rings. The van der Waals surface area contributed by atoms with Crippen molar-refractivity contribution in [1.29, 1.82) is 0 Å². The van der Waals surface area contributed by atoms with Crippen LogP contribution >= 0.6 is 0 Å². The van der Waals surface area contributed by atoms with Gasteiger partial charge in [-0.15, -0.1) is 5.10 Å². The lowest BCUT2D eigenvalue weighted by molar-refractivity contribution is -0.141. The summed E-state index contributed by atoms with van der Waals surface area (Å²) in [7, 11) is 1.33. The molecule has 0 aliphatic heterocycles. The first-order chi connectivity index (χ1) is 13.6. The van der Waals surface area contributed by atoms with Gasteiger partial charge < -0.3 is 10.1 Å². The molecule has 1 N–H and O–H groups in total. The number of para-hydroxylation sites is 1. The van der Waals surface area contributed by atoms with E-state index in [1.165, 1.54) is 7.11 Å². The number of benzene rings is 2. The first-order valence-corrected chi connectivity index (χ1v) is 8.96. The van der Waals surface area contributed by atoms with Gasteiger partial charge in [0.1, 0.15) is 0 Å². The van der Waals surface area contributed by atoms with Crippen molar-refractivity contribution >= 4 is 11.9 Å². The molecule has 0 radical (unpaired) electrons. The minimum absolute atomic E-state index is 0.0575. The molecule has 3 aromatic rings. The average molecular weight is 378 g/mol. The molecule has 1 amide bonds. The highest BCUT2D eigenvalue weighted by molar-refractivity contribution is 5.80. The van der Waals surface area contributed by atoms with Crippen molar-refractivity contribution in [2.75, 3.05) is 7.11 Å². The van der Waals surface area contributed by atoms with E-state index in [2.05, 4.69) is 15.6 Å². The third-order valence-electron chi connectivity index (χ3n) is 4.45. The van der Waals surface area contributed by atoms with Crippen molar-refractivity contribution < 1.29 is 14.3 Å². The van der Waals surface area contributed by atoms with Gasteiger partial charge in [0.25, 0.3) is 0 Å². The molecule has 0 spiro atoms. The summed E-state index contributed by atoms with van der Waals surface area (Å²) in [5.74, 6) is -0.624. The molecule has 3 rings (SSSR count). The molecule has 1 aromatic heterocycles. The number of carbonyl (C=O) groups is 2. The van der Waals surface area contributed by atoms with Gasteiger partial charge in [0.05, 0.1) is 43.1 Å². The third-order valence-corrected chi connectivity index (χ3v) is 4.45. The number of nitrogens with one attached hydrogen (secondary N) is 1. The molecule has 2 aromatic carbocycles. The van der Waals surface area contributed by atoms with Gasteiger partial charge >= 0.3 is 5.97 Å². The van der Waals surface area contributed by atoms with Crippen molar-refractivity contribution in [3.8, 4) is 5.69 Å². The third kappa shape index (κ3) is 4.62. The summed E-state index contributed by atoms with van der Waals surface area (Å²) in [6.45, 7) is 1.87. The number of esters is 1. The van der Waals surface area contributed by atoms with E-state index < -0.39 is 6.04 Å². The molecule has 0 aliphatic carbocycles. The Morgan fingerprint density at radius 3 is 2.36 bits per heavy atom. The smallest absolute Gasteiger partial charge is 0.307 e. The summed E-state index contributed by atoms with van der Waals surface area (Å²) in [5.41, 5.74) is 3.11. The molecule has 1 atom stereocenters. The fraction of sp³-hybridized carbons (Fsp3) is 0.238. The van der Waals surface area contributed by atoms with Crippen molar-refractivity contribution in [3.63, 3.8) is 0 Å². The van der Waals surface area contributed by atoms with Crippen LogP contribution in [-0.4, -0.2) is 34.0 Å². The van der Waals surface area contributed by atoms with Gasteiger partial charge in [-0.3, -0.25) is 9.59 Å². The second-order valence-electron chi connectivity index (χ2n) is 6.36. The summed E-state index contributed by atoms with van der Waals surface area (Å²) in [6, 6.07) is 18.5. The number of methoxy groups -OCH3 is 1. The van der Waals surface area contributed by atoms with Gasteiger partial charge in [0, 0.05) is 0 Å². The molecule has 0 saturated carbocycles. The molecule has 0 saturated heterocycles. The molecule has 0 bridgehead atoms. The molecular weight excluding hydrogens is 356 g/mol. The van der Waals surface area contributed by atoms with Crippen LogP contribution in [0.1, 0.15) is 29.4 Å². The van der Waals surface area contributed by atoms with Gasteiger partial charge in [-0.1, -0.05) is 53.7 Å². The second kappa shape index (κ2) is 8.94. The van der Waals surface area contributed by atoms with Crippen LogP contribution in [0.5, 0.6) is 0 Å². The topological polar surface area (TPSA) is 86.1 Å². The number of hydrogen-bond donors (Lipinski definition) is 1. The second-order valence-corrected chi connectivity index (χ2v) is 6.36. The molecule has 144 valence electrons. The molecular formula is C21H22N4O3. The predicted octanol–water partition coefficient (Wildman–Crippen LogP) is 2.54. The van der Waals surface area contributed by atoms with Crippen molar-refractivity contribution in [2.45, 2.75) is 25.8 Å². The largest absolute Gasteiger partial charge is 0.469 e. The van der Waals surface area contributed by atoms with Crippen LogP contribution in [0.2, 0.25) is 0 Å². The molecule has 7 nitrogen and oxygen atoms in total. The quantitative estimate of drug-likeness (QED) is 0.639. The van der Waals surface area contributed by atoms with E-state index in [4.69, 9.17) is 4.74 Å². The summed E-state index contributed by atoms with van der Waals surface area (Å²) in [6.07, 6.45) is 0.130. The predicted molar refractivity (Wildman–Crippen MR) is 104 cm³/mol. The zero-order chi connectivity index (χ0) is 19.9. The summed E-state index contributed by atoms with van der Waals surface area (Å²) in [4.78, 5) is 24.4.